The fraction of sp³-hybridized carbons (Fsp3) is 0.467. The van der Waals surface area contributed by atoms with Gasteiger partial charge in [0.1, 0.15) is 22.7 Å². The van der Waals surface area contributed by atoms with Gasteiger partial charge in [0, 0.05) is 12.1 Å². The van der Waals surface area contributed by atoms with Crippen LogP contribution in [-0.2, 0) is 16.1 Å². The number of hydrogen-bond acceptors (Lipinski definition) is 5. The Kier molecular flexibility index (Phi) is 4.44. The highest BCUT2D eigenvalue weighted by Crippen LogP contribution is 2.46. The number of nitrogens with one attached hydrogen (secondary N) is 1. The molecule has 1 aromatic carbocycles. The fourth-order valence-electron chi connectivity index (χ4n) is 2.25. The van der Waals surface area contributed by atoms with Crippen LogP contribution < -0.4 is 19.5 Å². The van der Waals surface area contributed by atoms with Gasteiger partial charge < -0.3 is 24.6 Å². The van der Waals surface area contributed by atoms with Gasteiger partial charge in [0.15, 0.2) is 0 Å². The number of carboxylic acid groups (broad SMARTS) is 1. The molecule has 0 bridgehead atoms. The van der Waals surface area contributed by atoms with Crippen LogP contribution in [0.5, 0.6) is 17.2 Å². The number of rotatable bonds is 7. The molecule has 0 aliphatic heterocycles. The maximum absolute atomic E-state index is 12.1. The molecule has 120 valence electrons. The van der Waals surface area contributed by atoms with Crippen molar-refractivity contribution in [3.8, 4) is 17.2 Å². The van der Waals surface area contributed by atoms with Crippen molar-refractivity contribution in [2.45, 2.75) is 19.4 Å². The highest BCUT2D eigenvalue weighted by molar-refractivity contribution is 6.04. The average Bonchev–Trinajstić information content (AvgIpc) is 3.33. The molecule has 2 rings (SSSR count). The van der Waals surface area contributed by atoms with Gasteiger partial charge in [-0.2, -0.15) is 0 Å². The van der Waals surface area contributed by atoms with Crippen LogP contribution >= 0.6 is 0 Å². The number of carboxylic acids is 1. The molecule has 1 aromatic rings. The maximum Gasteiger partial charge on any atom is 0.319 e. The standard InChI is InChI=1S/C15H19NO6/c1-20-9-6-11(21-2)10(12(7-9)22-3)8-16-13(17)15(4-5-15)14(18)19/h6-7H,4-5,8H2,1-3H3,(H,16,17)(H,18,19). The smallest absolute Gasteiger partial charge is 0.319 e. The minimum absolute atomic E-state index is 0.115. The third-order valence-corrected chi connectivity index (χ3v) is 3.84. The molecule has 0 aromatic heterocycles. The monoisotopic (exact) mass is 309 g/mol. The zero-order valence-electron chi connectivity index (χ0n) is 12.8. The summed E-state index contributed by atoms with van der Waals surface area (Å²) < 4.78 is 15.7. The third-order valence-electron chi connectivity index (χ3n) is 3.84. The van der Waals surface area contributed by atoms with E-state index < -0.39 is 17.3 Å². The van der Waals surface area contributed by atoms with E-state index in [1.54, 1.807) is 12.1 Å². The van der Waals surface area contributed by atoms with E-state index in [2.05, 4.69) is 5.32 Å². The molecule has 1 saturated carbocycles. The Morgan fingerprint density at radius 1 is 1.14 bits per heavy atom. The van der Waals surface area contributed by atoms with Crippen molar-refractivity contribution >= 4 is 11.9 Å². The Hall–Kier alpha value is -2.44. The number of ether oxygens (including phenoxy) is 3. The Morgan fingerprint density at radius 2 is 1.68 bits per heavy atom. The van der Waals surface area contributed by atoms with E-state index in [-0.39, 0.29) is 6.54 Å². The molecule has 7 heteroatoms. The van der Waals surface area contributed by atoms with Crippen molar-refractivity contribution in [2.24, 2.45) is 5.41 Å². The summed E-state index contributed by atoms with van der Waals surface area (Å²) in [7, 11) is 4.53. The lowest BCUT2D eigenvalue weighted by molar-refractivity contribution is -0.149. The molecule has 0 heterocycles. The molecule has 1 amide bonds. The van der Waals surface area contributed by atoms with E-state index in [0.717, 1.165) is 0 Å². The Morgan fingerprint density at radius 3 is 2.05 bits per heavy atom. The van der Waals surface area contributed by atoms with Crippen LogP contribution in [0.4, 0.5) is 0 Å². The van der Waals surface area contributed by atoms with Gasteiger partial charge in [-0.05, 0) is 12.8 Å². The lowest BCUT2D eigenvalue weighted by Gasteiger charge is -2.16. The minimum Gasteiger partial charge on any atom is -0.496 e. The maximum atomic E-state index is 12.1. The van der Waals surface area contributed by atoms with Crippen molar-refractivity contribution in [1.82, 2.24) is 5.32 Å². The first-order chi connectivity index (χ1) is 10.5. The van der Waals surface area contributed by atoms with E-state index in [1.165, 1.54) is 21.3 Å². The van der Waals surface area contributed by atoms with Gasteiger partial charge in [-0.3, -0.25) is 9.59 Å². The summed E-state index contributed by atoms with van der Waals surface area (Å²) in [5, 5.41) is 11.8. The Balaban J connectivity index is 2.19. The SMILES string of the molecule is COc1cc(OC)c(CNC(=O)C2(C(=O)O)CC2)c(OC)c1. The normalized spacial score (nSPS) is 14.9. The summed E-state index contributed by atoms with van der Waals surface area (Å²) in [5.41, 5.74) is -0.646. The average molecular weight is 309 g/mol. The number of methoxy groups -OCH3 is 3. The molecule has 1 aliphatic carbocycles. The van der Waals surface area contributed by atoms with Gasteiger partial charge in [-0.25, -0.2) is 0 Å². The highest BCUT2D eigenvalue weighted by Gasteiger charge is 2.57. The lowest BCUT2D eigenvalue weighted by Crippen LogP contribution is -2.36. The summed E-state index contributed by atoms with van der Waals surface area (Å²) in [6, 6.07) is 3.35. The van der Waals surface area contributed by atoms with Gasteiger partial charge in [-0.15, -0.1) is 0 Å². The van der Waals surface area contributed by atoms with Crippen molar-refractivity contribution in [2.75, 3.05) is 21.3 Å². The number of benzene rings is 1. The molecule has 0 radical (unpaired) electrons. The van der Waals surface area contributed by atoms with E-state index in [1.807, 2.05) is 0 Å². The fourth-order valence-corrected chi connectivity index (χ4v) is 2.25. The van der Waals surface area contributed by atoms with E-state index in [4.69, 9.17) is 19.3 Å². The largest absolute Gasteiger partial charge is 0.496 e. The summed E-state index contributed by atoms with van der Waals surface area (Å²) in [5.74, 6) is -0.0140. The molecule has 2 N–H and O–H groups in total. The summed E-state index contributed by atoms with van der Waals surface area (Å²) in [4.78, 5) is 23.2. The summed E-state index contributed by atoms with van der Waals surface area (Å²) >= 11 is 0. The molecule has 1 fully saturated rings. The first kappa shape index (κ1) is 15.9. The van der Waals surface area contributed by atoms with Gasteiger partial charge in [0.25, 0.3) is 0 Å². The number of hydrogen-bond donors (Lipinski definition) is 2. The zero-order valence-corrected chi connectivity index (χ0v) is 12.8. The number of aliphatic carboxylic acids is 1. The molecular weight excluding hydrogens is 290 g/mol. The van der Waals surface area contributed by atoms with Crippen molar-refractivity contribution in [3.63, 3.8) is 0 Å². The van der Waals surface area contributed by atoms with Crippen LogP contribution in [-0.4, -0.2) is 38.3 Å². The number of carbonyl (C=O) groups excluding carboxylic acids is 1. The third kappa shape index (κ3) is 2.79. The van der Waals surface area contributed by atoms with Crippen molar-refractivity contribution in [1.29, 1.82) is 0 Å². The quantitative estimate of drug-likeness (QED) is 0.735. The highest BCUT2D eigenvalue weighted by atomic mass is 16.5. The minimum atomic E-state index is -1.27. The first-order valence-electron chi connectivity index (χ1n) is 6.79. The predicted molar refractivity (Wildman–Crippen MR) is 77.2 cm³/mol. The van der Waals surface area contributed by atoms with Gasteiger partial charge in [0.05, 0.1) is 33.4 Å². The first-order valence-corrected chi connectivity index (χ1v) is 6.79. The van der Waals surface area contributed by atoms with Crippen molar-refractivity contribution < 1.29 is 28.9 Å². The molecular formula is C15H19NO6. The van der Waals surface area contributed by atoms with E-state index in [9.17, 15) is 9.59 Å². The summed E-state index contributed by atoms with van der Waals surface area (Å²) in [6.45, 7) is 0.115. The van der Waals surface area contributed by atoms with Crippen LogP contribution in [0.1, 0.15) is 18.4 Å². The number of carbonyl (C=O) groups is 2. The van der Waals surface area contributed by atoms with Gasteiger partial charge >= 0.3 is 5.97 Å². The van der Waals surface area contributed by atoms with Gasteiger partial charge in [-0.1, -0.05) is 0 Å². The summed E-state index contributed by atoms with van der Waals surface area (Å²) in [6.07, 6.45) is 0.732. The molecule has 0 unspecified atom stereocenters. The second-order valence-corrected chi connectivity index (χ2v) is 5.08. The van der Waals surface area contributed by atoms with Crippen LogP contribution in [0.3, 0.4) is 0 Å². The second kappa shape index (κ2) is 6.13. The molecule has 7 nitrogen and oxygen atoms in total. The lowest BCUT2D eigenvalue weighted by atomic mass is 10.1. The molecule has 1 aliphatic rings. The van der Waals surface area contributed by atoms with E-state index >= 15 is 0 Å². The molecule has 0 spiro atoms. The van der Waals surface area contributed by atoms with Gasteiger partial charge in [0.2, 0.25) is 5.91 Å². The Labute approximate surface area is 128 Å². The van der Waals surface area contributed by atoms with Crippen LogP contribution in [0.15, 0.2) is 12.1 Å². The molecule has 22 heavy (non-hydrogen) atoms. The topological polar surface area (TPSA) is 94.1 Å². The van der Waals surface area contributed by atoms with Crippen LogP contribution in [0, 0.1) is 5.41 Å². The molecule has 0 saturated heterocycles. The van der Waals surface area contributed by atoms with Crippen LogP contribution in [0.2, 0.25) is 0 Å². The molecule has 0 atom stereocenters. The predicted octanol–water partition coefficient (Wildman–Crippen LogP) is 1.19. The van der Waals surface area contributed by atoms with E-state index in [0.29, 0.717) is 35.7 Å². The van der Waals surface area contributed by atoms with Crippen LogP contribution in [0.25, 0.3) is 0 Å². The second-order valence-electron chi connectivity index (χ2n) is 5.08. The Bertz CT molecular complexity index is 569. The van der Waals surface area contributed by atoms with Crippen molar-refractivity contribution in [3.05, 3.63) is 17.7 Å². The zero-order chi connectivity index (χ0) is 16.3. The number of amides is 1.